The summed E-state index contributed by atoms with van der Waals surface area (Å²) in [7, 11) is 4.42. The third-order valence-corrected chi connectivity index (χ3v) is 4.27. The normalized spacial score (nSPS) is 22.9. The molecule has 0 radical (unpaired) electrons. The molecule has 136 valence electrons. The van der Waals surface area contributed by atoms with Crippen molar-refractivity contribution in [1.82, 2.24) is 4.90 Å². The first-order chi connectivity index (χ1) is 11.8. The summed E-state index contributed by atoms with van der Waals surface area (Å²) >= 11 is 0. The van der Waals surface area contributed by atoms with Crippen molar-refractivity contribution < 1.29 is 28.9 Å². The van der Waals surface area contributed by atoms with Crippen molar-refractivity contribution in [3.05, 3.63) is 23.8 Å². The Bertz CT molecular complexity index is 628. The lowest BCUT2D eigenvalue weighted by Crippen LogP contribution is -2.43. The maximum atomic E-state index is 12.4. The minimum absolute atomic E-state index is 0.204. The van der Waals surface area contributed by atoms with Crippen LogP contribution in [0.25, 0.3) is 0 Å². The number of nitrogens with zero attached hydrogens (tertiary/aromatic N) is 1. The van der Waals surface area contributed by atoms with E-state index in [0.29, 0.717) is 23.5 Å². The number of hydrogen-bond donors (Lipinski definition) is 1. The van der Waals surface area contributed by atoms with Crippen LogP contribution in [0, 0.1) is 5.92 Å². The number of carboxylic acid groups (broad SMARTS) is 1. The van der Waals surface area contributed by atoms with Gasteiger partial charge in [-0.05, 0) is 24.5 Å². The standard InChI is InChI=1S/C17H24BNO6/c1-9(2)8-10-14(16(20)21)25-15(19(10)17(18)22)13-11(23-3)6-5-7-12(13)24-4/h5-7,9-10,14-15H,8,18H2,1-4H3,(H,20,21)/t10?,14-,15?/m1/s1. The average molecular weight is 349 g/mol. The molecule has 0 aliphatic carbocycles. The molecule has 0 bridgehead atoms. The molecule has 25 heavy (non-hydrogen) atoms. The number of benzene rings is 1. The van der Waals surface area contributed by atoms with Gasteiger partial charge >= 0.3 is 5.97 Å². The van der Waals surface area contributed by atoms with E-state index in [2.05, 4.69) is 0 Å². The second kappa shape index (κ2) is 7.78. The Balaban J connectivity index is 2.57. The minimum atomic E-state index is -1.11. The van der Waals surface area contributed by atoms with Gasteiger partial charge in [0.25, 0.3) is 0 Å². The van der Waals surface area contributed by atoms with Gasteiger partial charge in [-0.25, -0.2) is 4.79 Å². The lowest BCUT2D eigenvalue weighted by molar-refractivity contribution is -0.150. The summed E-state index contributed by atoms with van der Waals surface area (Å²) in [6, 6.07) is 4.65. The monoisotopic (exact) mass is 349 g/mol. The molecular formula is C17H24BNO6. The van der Waals surface area contributed by atoms with Gasteiger partial charge in [0.05, 0.1) is 25.8 Å². The fourth-order valence-corrected chi connectivity index (χ4v) is 3.29. The minimum Gasteiger partial charge on any atom is -0.496 e. The SMILES string of the molecule is BC(=O)N1C(c2c(OC)cccc2OC)O[C@@H](C(=O)O)C1CC(C)C. The lowest BCUT2D eigenvalue weighted by Gasteiger charge is -2.30. The van der Waals surface area contributed by atoms with E-state index in [4.69, 9.17) is 14.2 Å². The zero-order chi connectivity index (χ0) is 18.7. The van der Waals surface area contributed by atoms with E-state index in [1.165, 1.54) is 27.0 Å². The number of rotatable bonds is 6. The van der Waals surface area contributed by atoms with Crippen LogP contribution in [0.4, 0.5) is 4.79 Å². The summed E-state index contributed by atoms with van der Waals surface area (Å²) in [5, 5.41) is 9.59. The molecule has 1 aliphatic rings. The molecule has 2 rings (SSSR count). The highest BCUT2D eigenvalue weighted by Crippen LogP contribution is 2.44. The maximum Gasteiger partial charge on any atom is 0.335 e. The van der Waals surface area contributed by atoms with Gasteiger partial charge in [0.2, 0.25) is 7.85 Å². The molecule has 1 fully saturated rings. The van der Waals surface area contributed by atoms with Gasteiger partial charge in [-0.3, -0.25) is 4.79 Å². The zero-order valence-electron chi connectivity index (χ0n) is 15.2. The van der Waals surface area contributed by atoms with Crippen LogP contribution in [-0.4, -0.2) is 56.0 Å². The molecule has 0 aromatic heterocycles. The Kier molecular flexibility index (Phi) is 5.95. The highest BCUT2D eigenvalue weighted by molar-refractivity contribution is 6.57. The molecule has 2 unspecified atom stereocenters. The summed E-state index contributed by atoms with van der Waals surface area (Å²) in [6.45, 7) is 3.96. The molecule has 1 aromatic rings. The Labute approximate surface area is 148 Å². The highest BCUT2D eigenvalue weighted by Gasteiger charge is 2.49. The van der Waals surface area contributed by atoms with Gasteiger partial charge in [-0.2, -0.15) is 0 Å². The molecule has 1 heterocycles. The number of carboxylic acids is 1. The van der Waals surface area contributed by atoms with Crippen molar-refractivity contribution in [3.8, 4) is 11.5 Å². The number of hydrogen-bond acceptors (Lipinski definition) is 5. The molecule has 0 spiro atoms. The second-order valence-corrected chi connectivity index (χ2v) is 6.45. The molecule has 1 aliphatic heterocycles. The molecule has 7 nitrogen and oxygen atoms in total. The van der Waals surface area contributed by atoms with E-state index in [-0.39, 0.29) is 11.7 Å². The summed E-state index contributed by atoms with van der Waals surface area (Å²) < 4.78 is 16.6. The van der Waals surface area contributed by atoms with E-state index >= 15 is 0 Å². The van der Waals surface area contributed by atoms with E-state index < -0.39 is 24.3 Å². The first-order valence-electron chi connectivity index (χ1n) is 8.19. The van der Waals surface area contributed by atoms with E-state index in [1.807, 2.05) is 13.8 Å². The van der Waals surface area contributed by atoms with Gasteiger partial charge in [0.1, 0.15) is 11.5 Å². The van der Waals surface area contributed by atoms with E-state index in [9.17, 15) is 14.7 Å². The Morgan fingerprint density at radius 2 is 1.84 bits per heavy atom. The van der Waals surface area contributed by atoms with Gasteiger partial charge < -0.3 is 24.2 Å². The summed E-state index contributed by atoms with van der Waals surface area (Å²) in [4.78, 5) is 25.6. The summed E-state index contributed by atoms with van der Waals surface area (Å²) in [5.74, 6) is -0.189. The predicted octanol–water partition coefficient (Wildman–Crippen LogP) is 1.66. The second-order valence-electron chi connectivity index (χ2n) is 6.45. The fourth-order valence-electron chi connectivity index (χ4n) is 3.29. The summed E-state index contributed by atoms with van der Waals surface area (Å²) in [6.07, 6.45) is -1.47. The predicted molar refractivity (Wildman–Crippen MR) is 93.8 cm³/mol. The first-order valence-corrected chi connectivity index (χ1v) is 8.19. The largest absolute Gasteiger partial charge is 0.496 e. The molecule has 1 aromatic carbocycles. The average Bonchev–Trinajstić information content (AvgIpc) is 2.92. The van der Waals surface area contributed by atoms with E-state index in [1.54, 1.807) is 18.2 Å². The Morgan fingerprint density at radius 3 is 2.24 bits per heavy atom. The van der Waals surface area contributed by atoms with Crippen LogP contribution in [-0.2, 0) is 9.53 Å². The van der Waals surface area contributed by atoms with Crippen molar-refractivity contribution in [2.24, 2.45) is 5.92 Å². The number of carbonyl (C=O) groups excluding carboxylic acids is 1. The van der Waals surface area contributed by atoms with Crippen molar-refractivity contribution in [3.63, 3.8) is 0 Å². The quantitative estimate of drug-likeness (QED) is 0.786. The van der Waals surface area contributed by atoms with Crippen LogP contribution < -0.4 is 9.47 Å². The third-order valence-electron chi connectivity index (χ3n) is 4.27. The van der Waals surface area contributed by atoms with Gasteiger partial charge in [-0.15, -0.1) is 0 Å². The lowest BCUT2D eigenvalue weighted by atomic mass is 9.95. The van der Waals surface area contributed by atoms with Gasteiger partial charge in [0, 0.05) is 0 Å². The number of carbonyl (C=O) groups is 2. The molecule has 1 saturated heterocycles. The number of amides is 1. The van der Waals surface area contributed by atoms with Crippen LogP contribution in [0.3, 0.4) is 0 Å². The van der Waals surface area contributed by atoms with Gasteiger partial charge in [-0.1, -0.05) is 19.9 Å². The Morgan fingerprint density at radius 1 is 1.28 bits per heavy atom. The van der Waals surface area contributed by atoms with Crippen molar-refractivity contribution in [2.75, 3.05) is 14.2 Å². The molecule has 1 amide bonds. The third kappa shape index (κ3) is 3.73. The summed E-state index contributed by atoms with van der Waals surface area (Å²) in [5.41, 5.74) is 0.514. The zero-order valence-corrected chi connectivity index (χ0v) is 15.2. The van der Waals surface area contributed by atoms with Crippen LogP contribution in [0.1, 0.15) is 32.1 Å². The van der Waals surface area contributed by atoms with Crippen LogP contribution >= 0.6 is 0 Å². The number of methoxy groups -OCH3 is 2. The fraction of sp³-hybridized carbons (Fsp3) is 0.529. The maximum absolute atomic E-state index is 12.4. The molecule has 0 saturated carbocycles. The van der Waals surface area contributed by atoms with Gasteiger partial charge in [0.15, 0.2) is 18.1 Å². The first kappa shape index (κ1) is 19.1. The highest BCUT2D eigenvalue weighted by atomic mass is 16.6. The number of ether oxygens (including phenoxy) is 3. The van der Waals surface area contributed by atoms with Crippen molar-refractivity contribution in [1.29, 1.82) is 0 Å². The van der Waals surface area contributed by atoms with Crippen LogP contribution in [0.5, 0.6) is 11.5 Å². The smallest absolute Gasteiger partial charge is 0.335 e. The Hall–Kier alpha value is -2.22. The van der Waals surface area contributed by atoms with Crippen LogP contribution in [0.2, 0.25) is 0 Å². The topological polar surface area (TPSA) is 85.3 Å². The van der Waals surface area contributed by atoms with E-state index in [0.717, 1.165) is 0 Å². The molecular weight excluding hydrogens is 325 g/mol. The van der Waals surface area contributed by atoms with Crippen molar-refractivity contribution in [2.45, 2.75) is 38.6 Å². The van der Waals surface area contributed by atoms with Crippen molar-refractivity contribution >= 4 is 19.6 Å². The number of aliphatic carboxylic acids is 1. The molecule has 3 atom stereocenters. The van der Waals surface area contributed by atoms with Crippen LogP contribution in [0.15, 0.2) is 18.2 Å². The molecule has 8 heteroatoms. The molecule has 1 N–H and O–H groups in total.